The third kappa shape index (κ3) is 8.37. The molecule has 0 fully saturated rings. The van der Waals surface area contributed by atoms with E-state index in [9.17, 15) is 14.4 Å². The molecular formula is C6H8MgO9. The quantitative estimate of drug-likeness (QED) is 0.214. The third-order valence-corrected chi connectivity index (χ3v) is 1.29. The predicted octanol–water partition coefficient (Wildman–Crippen LogP) is -4.01. The van der Waals surface area contributed by atoms with Crippen molar-refractivity contribution in [1.29, 1.82) is 0 Å². The second-order valence-electron chi connectivity index (χ2n) is 2.48. The Balaban J connectivity index is -0.000000529. The molecule has 9 nitrogen and oxygen atoms in total. The number of carboxylic acids is 3. The summed E-state index contributed by atoms with van der Waals surface area (Å²) < 4.78 is 0. The summed E-state index contributed by atoms with van der Waals surface area (Å²) in [6.07, 6.45) is -2.29. The van der Waals surface area contributed by atoms with Gasteiger partial charge in [-0.1, -0.05) is 0 Å². The van der Waals surface area contributed by atoms with Crippen molar-refractivity contribution in [2.24, 2.45) is 0 Å². The molecule has 4 N–H and O–H groups in total. The molecule has 0 aromatic heterocycles. The Labute approximate surface area is 105 Å². The number of rotatable bonds is 5. The molecule has 10 heteroatoms. The average molecular weight is 248 g/mol. The van der Waals surface area contributed by atoms with Gasteiger partial charge in [-0.05, 0) is 0 Å². The molecule has 88 valence electrons. The summed E-state index contributed by atoms with van der Waals surface area (Å²) in [5.41, 5.74) is -2.74. The zero-order chi connectivity index (χ0) is 12.6. The van der Waals surface area contributed by atoms with Gasteiger partial charge in [0.25, 0.3) is 0 Å². The molecule has 0 atom stereocenters. The summed E-state index contributed by atoms with van der Waals surface area (Å²) in [4.78, 5) is 30.5. The van der Waals surface area contributed by atoms with E-state index >= 15 is 0 Å². The minimum atomic E-state index is -2.74. The van der Waals surface area contributed by atoms with E-state index in [0.717, 1.165) is 0 Å². The van der Waals surface area contributed by atoms with Crippen molar-refractivity contribution in [1.82, 2.24) is 0 Å². The molecule has 16 heavy (non-hydrogen) atoms. The molecule has 0 saturated heterocycles. The van der Waals surface area contributed by atoms with Crippen LogP contribution in [0.5, 0.6) is 0 Å². The Morgan fingerprint density at radius 3 is 1.31 bits per heavy atom. The Kier molecular flexibility index (Phi) is 11.9. The molecule has 0 spiro atoms. The summed E-state index contributed by atoms with van der Waals surface area (Å²) in [5, 5.41) is 47.8. The molecule has 0 aliphatic carbocycles. The SMILES string of the molecule is O=C(O)CC(O)(CC(=O)O)C(=O)O.[Mg+2].[O-][O-]. The molecule has 0 heterocycles. The molecule has 0 saturated carbocycles. The van der Waals surface area contributed by atoms with Gasteiger partial charge in [0.1, 0.15) is 0 Å². The van der Waals surface area contributed by atoms with E-state index in [0.29, 0.717) is 0 Å². The molecular weight excluding hydrogens is 240 g/mol. The van der Waals surface area contributed by atoms with E-state index in [4.69, 9.17) is 30.9 Å². The Bertz CT molecular complexity index is 234. The van der Waals surface area contributed by atoms with E-state index in [1.807, 2.05) is 0 Å². The van der Waals surface area contributed by atoms with Crippen LogP contribution in [-0.2, 0) is 14.4 Å². The zero-order valence-electron chi connectivity index (χ0n) is 7.95. The van der Waals surface area contributed by atoms with Gasteiger partial charge in [0, 0.05) is 0 Å². The normalized spacial score (nSPS) is 9.19. The molecule has 0 amide bonds. The van der Waals surface area contributed by atoms with Gasteiger partial charge >= 0.3 is 41.0 Å². The first-order chi connectivity index (χ1) is 6.78. The van der Waals surface area contributed by atoms with Crippen molar-refractivity contribution in [3.05, 3.63) is 0 Å². The summed E-state index contributed by atoms with van der Waals surface area (Å²) in [6.45, 7) is 0. The minimum Gasteiger partial charge on any atom is -1.00 e. The maximum atomic E-state index is 10.3. The fourth-order valence-electron chi connectivity index (χ4n) is 0.714. The fourth-order valence-corrected chi connectivity index (χ4v) is 0.714. The molecule has 0 radical (unpaired) electrons. The van der Waals surface area contributed by atoms with E-state index in [2.05, 4.69) is 0 Å². The Morgan fingerprint density at radius 1 is 0.938 bits per heavy atom. The largest absolute Gasteiger partial charge is 2.00 e. The molecule has 0 aliphatic rings. The average Bonchev–Trinajstić information content (AvgIpc) is 2.04. The van der Waals surface area contributed by atoms with Crippen LogP contribution in [0.1, 0.15) is 12.8 Å². The Morgan fingerprint density at radius 2 is 1.19 bits per heavy atom. The number of hydrogen-bond acceptors (Lipinski definition) is 6. The minimum absolute atomic E-state index is 0. The van der Waals surface area contributed by atoms with Crippen molar-refractivity contribution < 1.29 is 45.3 Å². The third-order valence-electron chi connectivity index (χ3n) is 1.29. The van der Waals surface area contributed by atoms with Crippen LogP contribution in [-0.4, -0.2) is 67.0 Å². The van der Waals surface area contributed by atoms with Gasteiger partial charge in [-0.25, -0.2) is 4.79 Å². The van der Waals surface area contributed by atoms with Gasteiger partial charge in [0.05, 0.1) is 12.8 Å². The molecule has 0 unspecified atom stereocenters. The molecule has 0 aromatic carbocycles. The second-order valence-corrected chi connectivity index (χ2v) is 2.48. The van der Waals surface area contributed by atoms with Crippen molar-refractivity contribution >= 4 is 41.0 Å². The standard InChI is InChI=1S/C6H8O7.Mg.O2/c7-3(8)1-6(13,5(11)12)2-4(9)10;;1-2/h13H,1-2H2,(H,7,8)(H,9,10)(H,11,12);;/q;+2;-2. The number of hydrogen-bond donors (Lipinski definition) is 4. The van der Waals surface area contributed by atoms with E-state index < -0.39 is 36.4 Å². The van der Waals surface area contributed by atoms with Crippen LogP contribution in [0.4, 0.5) is 0 Å². The Hall–Kier alpha value is -0.944. The van der Waals surface area contributed by atoms with Gasteiger partial charge < -0.3 is 30.9 Å². The summed E-state index contributed by atoms with van der Waals surface area (Å²) >= 11 is 0. The van der Waals surface area contributed by atoms with Crippen LogP contribution >= 0.6 is 0 Å². The van der Waals surface area contributed by atoms with E-state index in [1.165, 1.54) is 0 Å². The number of carbonyl (C=O) groups is 3. The summed E-state index contributed by atoms with van der Waals surface area (Å²) in [7, 11) is 0. The van der Waals surface area contributed by atoms with Crippen LogP contribution in [0.2, 0.25) is 0 Å². The number of carboxylic acid groups (broad SMARTS) is 3. The van der Waals surface area contributed by atoms with Crippen molar-refractivity contribution in [3.8, 4) is 0 Å². The molecule has 0 aromatic rings. The maximum Gasteiger partial charge on any atom is 2.00 e. The maximum absolute atomic E-state index is 10.3. The van der Waals surface area contributed by atoms with Gasteiger partial charge in [-0.2, -0.15) is 0 Å². The van der Waals surface area contributed by atoms with E-state index in [1.54, 1.807) is 0 Å². The van der Waals surface area contributed by atoms with Crippen LogP contribution < -0.4 is 10.5 Å². The molecule has 0 aliphatic heterocycles. The van der Waals surface area contributed by atoms with Crippen LogP contribution in [0.15, 0.2) is 0 Å². The first kappa shape index (κ1) is 20.5. The van der Waals surface area contributed by atoms with Gasteiger partial charge in [0.2, 0.25) is 0 Å². The van der Waals surface area contributed by atoms with Gasteiger partial charge in [-0.15, -0.1) is 0 Å². The molecule has 0 bridgehead atoms. The van der Waals surface area contributed by atoms with Crippen LogP contribution in [0.3, 0.4) is 0 Å². The first-order valence-electron chi connectivity index (χ1n) is 3.34. The summed E-state index contributed by atoms with van der Waals surface area (Å²) in [6, 6.07) is 0. The topological polar surface area (TPSA) is 178 Å². The predicted molar refractivity (Wildman–Crippen MR) is 42.8 cm³/mol. The zero-order valence-corrected chi connectivity index (χ0v) is 9.37. The number of aliphatic hydroxyl groups is 1. The fraction of sp³-hybridized carbons (Fsp3) is 0.500. The van der Waals surface area contributed by atoms with Gasteiger partial charge in [-0.3, -0.25) is 9.59 Å². The van der Waals surface area contributed by atoms with Crippen LogP contribution in [0, 0.1) is 0 Å². The van der Waals surface area contributed by atoms with Crippen LogP contribution in [0.25, 0.3) is 0 Å². The van der Waals surface area contributed by atoms with Gasteiger partial charge in [0.15, 0.2) is 5.60 Å². The smallest absolute Gasteiger partial charge is 1.00 e. The monoisotopic (exact) mass is 248 g/mol. The first-order valence-corrected chi connectivity index (χ1v) is 3.34. The van der Waals surface area contributed by atoms with Crippen molar-refractivity contribution in [3.63, 3.8) is 0 Å². The molecule has 0 rings (SSSR count). The van der Waals surface area contributed by atoms with Crippen molar-refractivity contribution in [2.75, 3.05) is 0 Å². The second kappa shape index (κ2) is 9.29. The number of aliphatic carboxylic acids is 3. The van der Waals surface area contributed by atoms with Crippen molar-refractivity contribution in [2.45, 2.75) is 18.4 Å². The van der Waals surface area contributed by atoms with E-state index in [-0.39, 0.29) is 23.1 Å². The summed E-state index contributed by atoms with van der Waals surface area (Å²) in [5.74, 6) is -5.02.